The van der Waals surface area contributed by atoms with Crippen molar-refractivity contribution in [1.29, 1.82) is 0 Å². The van der Waals surface area contributed by atoms with Crippen LogP contribution in [0.25, 0.3) is 0 Å². The van der Waals surface area contributed by atoms with Crippen LogP contribution in [0.4, 0.5) is 10.1 Å². The van der Waals surface area contributed by atoms with Gasteiger partial charge in [0.05, 0.1) is 16.5 Å². The SMILES string of the molecule is NS(=O)(=O)c1ccc(NC2CCC(C(=O)O)CC2)c(F)c1. The molecule has 0 saturated heterocycles. The number of primary sulfonamides is 1. The maximum Gasteiger partial charge on any atom is 0.306 e. The van der Waals surface area contributed by atoms with Gasteiger partial charge >= 0.3 is 5.97 Å². The highest BCUT2D eigenvalue weighted by Gasteiger charge is 2.26. The van der Waals surface area contributed by atoms with Crippen LogP contribution in [0.15, 0.2) is 23.1 Å². The lowest BCUT2D eigenvalue weighted by Crippen LogP contribution is -2.29. The van der Waals surface area contributed by atoms with E-state index in [0.717, 1.165) is 6.07 Å². The topological polar surface area (TPSA) is 109 Å². The average Bonchev–Trinajstić information content (AvgIpc) is 2.40. The minimum Gasteiger partial charge on any atom is -0.481 e. The lowest BCUT2D eigenvalue weighted by atomic mass is 9.86. The number of halogens is 1. The molecule has 0 aliphatic heterocycles. The Morgan fingerprint density at radius 2 is 1.90 bits per heavy atom. The normalized spacial score (nSPS) is 22.8. The van der Waals surface area contributed by atoms with E-state index < -0.39 is 21.8 Å². The van der Waals surface area contributed by atoms with Crippen LogP contribution in [0.2, 0.25) is 0 Å². The molecule has 1 aliphatic carbocycles. The number of sulfonamides is 1. The van der Waals surface area contributed by atoms with Crippen molar-refractivity contribution in [3.63, 3.8) is 0 Å². The van der Waals surface area contributed by atoms with E-state index in [1.54, 1.807) is 0 Å². The lowest BCUT2D eigenvalue weighted by molar-refractivity contribution is -0.142. The molecule has 0 atom stereocenters. The Hall–Kier alpha value is -1.67. The molecule has 0 radical (unpaired) electrons. The van der Waals surface area contributed by atoms with Gasteiger partial charge in [-0.25, -0.2) is 17.9 Å². The number of aliphatic carboxylic acids is 1. The second kappa shape index (κ2) is 5.98. The van der Waals surface area contributed by atoms with Gasteiger partial charge in [0, 0.05) is 6.04 Å². The molecule has 4 N–H and O–H groups in total. The lowest BCUT2D eigenvalue weighted by Gasteiger charge is -2.27. The van der Waals surface area contributed by atoms with Crippen molar-refractivity contribution in [2.45, 2.75) is 36.6 Å². The highest BCUT2D eigenvalue weighted by atomic mass is 32.2. The molecular weight excluding hydrogens is 299 g/mol. The summed E-state index contributed by atoms with van der Waals surface area (Å²) in [6.07, 6.45) is 2.36. The minimum absolute atomic E-state index is 0.0181. The maximum atomic E-state index is 13.9. The second-order valence-corrected chi connectivity index (χ2v) is 6.78. The first-order chi connectivity index (χ1) is 9.77. The molecule has 6 nitrogen and oxygen atoms in total. The third-order valence-electron chi connectivity index (χ3n) is 3.71. The fraction of sp³-hybridized carbons (Fsp3) is 0.462. The zero-order valence-electron chi connectivity index (χ0n) is 11.3. The number of anilines is 1. The van der Waals surface area contributed by atoms with Crippen LogP contribution in [0, 0.1) is 11.7 Å². The first-order valence-corrected chi connectivity index (χ1v) is 8.13. The zero-order valence-corrected chi connectivity index (χ0v) is 12.1. The van der Waals surface area contributed by atoms with Crippen molar-refractivity contribution < 1.29 is 22.7 Å². The molecule has 1 fully saturated rings. The van der Waals surface area contributed by atoms with Gasteiger partial charge in [-0.15, -0.1) is 0 Å². The Morgan fingerprint density at radius 3 is 2.38 bits per heavy atom. The molecule has 2 rings (SSSR count). The van der Waals surface area contributed by atoms with Crippen LogP contribution in [0.1, 0.15) is 25.7 Å². The van der Waals surface area contributed by atoms with E-state index in [1.807, 2.05) is 0 Å². The Kier molecular flexibility index (Phi) is 4.48. The summed E-state index contributed by atoms with van der Waals surface area (Å²) in [7, 11) is -3.93. The van der Waals surface area contributed by atoms with Crippen LogP contribution in [0.5, 0.6) is 0 Å². The summed E-state index contributed by atoms with van der Waals surface area (Å²) in [4.78, 5) is 10.6. The number of nitrogens with one attached hydrogen (secondary N) is 1. The van der Waals surface area contributed by atoms with Gasteiger partial charge in [-0.3, -0.25) is 4.79 Å². The van der Waals surface area contributed by atoms with Crippen molar-refractivity contribution >= 4 is 21.7 Å². The predicted molar refractivity (Wildman–Crippen MR) is 74.8 cm³/mol. The summed E-state index contributed by atoms with van der Waals surface area (Å²) in [5.41, 5.74) is 0.196. The standard InChI is InChI=1S/C13H17FN2O4S/c14-11-7-10(21(15,19)20)5-6-12(11)16-9-3-1-8(2-4-9)13(17)18/h5-9,16H,1-4H2,(H,17,18)(H2,15,19,20). The van der Waals surface area contributed by atoms with Crippen LogP contribution < -0.4 is 10.5 Å². The third kappa shape index (κ3) is 3.92. The molecule has 0 spiro atoms. The van der Waals surface area contributed by atoms with E-state index >= 15 is 0 Å². The van der Waals surface area contributed by atoms with E-state index in [4.69, 9.17) is 10.2 Å². The van der Waals surface area contributed by atoms with Gasteiger partial charge in [0.25, 0.3) is 0 Å². The summed E-state index contributed by atoms with van der Waals surface area (Å²) in [6.45, 7) is 0. The summed E-state index contributed by atoms with van der Waals surface area (Å²) >= 11 is 0. The Morgan fingerprint density at radius 1 is 1.29 bits per heavy atom. The maximum absolute atomic E-state index is 13.9. The average molecular weight is 316 g/mol. The number of rotatable bonds is 4. The molecule has 8 heteroatoms. The molecule has 116 valence electrons. The largest absolute Gasteiger partial charge is 0.481 e. The molecule has 0 amide bonds. The molecule has 0 heterocycles. The van der Waals surface area contributed by atoms with Gasteiger partial charge in [-0.2, -0.15) is 0 Å². The van der Waals surface area contributed by atoms with Crippen LogP contribution in [0.3, 0.4) is 0 Å². The molecule has 21 heavy (non-hydrogen) atoms. The van der Waals surface area contributed by atoms with Gasteiger partial charge in [0.2, 0.25) is 10.0 Å². The second-order valence-electron chi connectivity index (χ2n) is 5.22. The number of carbonyl (C=O) groups is 1. The molecule has 0 aromatic heterocycles. The van der Waals surface area contributed by atoms with Gasteiger partial charge in [-0.05, 0) is 43.9 Å². The molecule has 0 unspecified atom stereocenters. The number of carboxylic acids is 1. The quantitative estimate of drug-likeness (QED) is 0.780. The molecule has 1 aliphatic rings. The highest BCUT2D eigenvalue weighted by molar-refractivity contribution is 7.89. The van der Waals surface area contributed by atoms with E-state index in [1.165, 1.54) is 12.1 Å². The van der Waals surface area contributed by atoms with Crippen molar-refractivity contribution in [1.82, 2.24) is 0 Å². The summed E-state index contributed by atoms with van der Waals surface area (Å²) in [6, 6.07) is 3.43. The Labute approximate surface area is 122 Å². The molecule has 1 saturated carbocycles. The van der Waals surface area contributed by atoms with Crippen LogP contribution in [-0.4, -0.2) is 25.5 Å². The van der Waals surface area contributed by atoms with E-state index in [-0.39, 0.29) is 22.5 Å². The third-order valence-corrected chi connectivity index (χ3v) is 4.62. The van der Waals surface area contributed by atoms with Crippen molar-refractivity contribution in [2.75, 3.05) is 5.32 Å². The van der Waals surface area contributed by atoms with Gasteiger partial charge in [-0.1, -0.05) is 0 Å². The molecular formula is C13H17FN2O4S. The molecule has 1 aromatic rings. The first-order valence-electron chi connectivity index (χ1n) is 6.59. The summed E-state index contributed by atoms with van der Waals surface area (Å²) in [5, 5.41) is 16.8. The number of carboxylic acid groups (broad SMARTS) is 1. The van der Waals surface area contributed by atoms with E-state index in [9.17, 15) is 17.6 Å². The number of hydrogen-bond acceptors (Lipinski definition) is 4. The van der Waals surface area contributed by atoms with E-state index in [2.05, 4.69) is 5.32 Å². The zero-order chi connectivity index (χ0) is 15.6. The number of hydrogen-bond donors (Lipinski definition) is 3. The van der Waals surface area contributed by atoms with Crippen molar-refractivity contribution in [3.8, 4) is 0 Å². The van der Waals surface area contributed by atoms with Gasteiger partial charge in [0.15, 0.2) is 0 Å². The summed E-state index contributed by atoms with van der Waals surface area (Å²) < 4.78 is 36.1. The summed E-state index contributed by atoms with van der Waals surface area (Å²) in [5.74, 6) is -1.82. The highest BCUT2D eigenvalue weighted by Crippen LogP contribution is 2.28. The molecule has 1 aromatic carbocycles. The van der Waals surface area contributed by atoms with Crippen molar-refractivity contribution in [2.24, 2.45) is 11.1 Å². The van der Waals surface area contributed by atoms with Gasteiger partial charge in [0.1, 0.15) is 5.82 Å². The molecule has 0 bridgehead atoms. The van der Waals surface area contributed by atoms with E-state index in [0.29, 0.717) is 25.7 Å². The Bertz CT molecular complexity index is 640. The van der Waals surface area contributed by atoms with Gasteiger partial charge < -0.3 is 10.4 Å². The minimum atomic E-state index is -3.93. The first kappa shape index (κ1) is 15.7. The number of benzene rings is 1. The smallest absolute Gasteiger partial charge is 0.306 e. The number of nitrogens with two attached hydrogens (primary N) is 1. The van der Waals surface area contributed by atoms with Crippen LogP contribution in [-0.2, 0) is 14.8 Å². The monoisotopic (exact) mass is 316 g/mol. The van der Waals surface area contributed by atoms with Crippen LogP contribution >= 0.6 is 0 Å². The predicted octanol–water partition coefficient (Wildman–Crippen LogP) is 1.53. The fourth-order valence-electron chi connectivity index (χ4n) is 2.49. The Balaban J connectivity index is 2.03. The fourth-order valence-corrected chi connectivity index (χ4v) is 3.02. The van der Waals surface area contributed by atoms with Crippen molar-refractivity contribution in [3.05, 3.63) is 24.0 Å².